The molecule has 2 aromatic carbocycles. The Morgan fingerprint density at radius 1 is 1.05 bits per heavy atom. The largest absolute Gasteiger partial charge is 0.447 e. The summed E-state index contributed by atoms with van der Waals surface area (Å²) in [5.74, 6) is -0.559. The fraction of sp³-hybridized carbons (Fsp3) is 0.346. The van der Waals surface area contributed by atoms with Crippen molar-refractivity contribution in [3.8, 4) is 0 Å². The summed E-state index contributed by atoms with van der Waals surface area (Å²) in [5.41, 5.74) is -0.234. The Labute approximate surface area is 213 Å². The summed E-state index contributed by atoms with van der Waals surface area (Å²) in [6.07, 6.45) is -1.64. The Balaban J connectivity index is 1.74. The van der Waals surface area contributed by atoms with E-state index in [2.05, 4.69) is 10.4 Å². The normalized spacial score (nSPS) is 11.7. The molecule has 0 aliphatic heterocycles. The predicted molar refractivity (Wildman–Crippen MR) is 136 cm³/mol. The number of aromatic nitrogens is 2. The van der Waals surface area contributed by atoms with Gasteiger partial charge in [0.25, 0.3) is 5.91 Å². The highest BCUT2D eigenvalue weighted by molar-refractivity contribution is 6.08. The first-order valence-electron chi connectivity index (χ1n) is 11.5. The Morgan fingerprint density at radius 3 is 2.27 bits per heavy atom. The molecule has 0 aliphatic carbocycles. The third kappa shape index (κ3) is 7.02. The van der Waals surface area contributed by atoms with Crippen molar-refractivity contribution in [2.24, 2.45) is 0 Å². The number of carbonyl (C=O) groups is 2. The van der Waals surface area contributed by atoms with Crippen LogP contribution in [0.1, 0.15) is 36.7 Å². The van der Waals surface area contributed by atoms with Gasteiger partial charge in [0.1, 0.15) is 6.61 Å². The number of rotatable bonds is 7. The highest BCUT2D eigenvalue weighted by Gasteiger charge is 2.32. The maximum absolute atomic E-state index is 13.1. The van der Waals surface area contributed by atoms with Crippen molar-refractivity contribution in [3.05, 3.63) is 72.1 Å². The van der Waals surface area contributed by atoms with Gasteiger partial charge < -0.3 is 15.0 Å². The minimum atomic E-state index is -4.52. The average molecular weight is 518 g/mol. The molecule has 3 rings (SSSR count). The lowest BCUT2D eigenvalue weighted by molar-refractivity contribution is -0.137. The van der Waals surface area contributed by atoms with E-state index in [4.69, 9.17) is 4.74 Å². The molecule has 2 amide bonds. The smallest absolute Gasteiger partial charge is 0.416 e. The lowest BCUT2D eigenvalue weighted by Crippen LogP contribution is -2.46. The number of alkyl halides is 3. The summed E-state index contributed by atoms with van der Waals surface area (Å²) in [6, 6.07) is 11.3. The number of ether oxygens (including phenoxy) is 1. The number of benzene rings is 2. The summed E-state index contributed by atoms with van der Waals surface area (Å²) < 4.78 is 46.5. The molecular formula is C26H30F3N5O3. The summed E-state index contributed by atoms with van der Waals surface area (Å²) >= 11 is 0. The number of halogens is 3. The van der Waals surface area contributed by atoms with Gasteiger partial charge in [-0.05, 0) is 69.3 Å². The van der Waals surface area contributed by atoms with Gasteiger partial charge in [-0.2, -0.15) is 18.3 Å². The van der Waals surface area contributed by atoms with Crippen LogP contribution in [0.5, 0.6) is 0 Å². The van der Waals surface area contributed by atoms with Crippen LogP contribution in [-0.4, -0.2) is 48.0 Å². The molecule has 8 nitrogen and oxygen atoms in total. The molecule has 0 fully saturated rings. The van der Waals surface area contributed by atoms with Gasteiger partial charge in [0.15, 0.2) is 0 Å². The molecule has 11 heteroatoms. The molecule has 0 atom stereocenters. The van der Waals surface area contributed by atoms with Crippen molar-refractivity contribution in [1.29, 1.82) is 0 Å². The van der Waals surface area contributed by atoms with E-state index < -0.39 is 29.3 Å². The number of anilines is 3. The molecule has 37 heavy (non-hydrogen) atoms. The Hall–Kier alpha value is -4.02. The van der Waals surface area contributed by atoms with Crippen LogP contribution in [0.4, 0.5) is 35.0 Å². The third-order valence-corrected chi connectivity index (χ3v) is 5.39. The maximum atomic E-state index is 13.1. The summed E-state index contributed by atoms with van der Waals surface area (Å²) in [6.45, 7) is 6.16. The van der Waals surface area contributed by atoms with E-state index in [9.17, 15) is 22.8 Å². The van der Waals surface area contributed by atoms with E-state index in [-0.39, 0.29) is 17.9 Å². The number of carbonyl (C=O) groups excluding carboxylic acids is 2. The second-order valence-corrected chi connectivity index (χ2v) is 9.51. The third-order valence-electron chi connectivity index (χ3n) is 5.39. The van der Waals surface area contributed by atoms with Crippen LogP contribution in [0.15, 0.2) is 60.9 Å². The lowest BCUT2D eigenvalue weighted by atomic mass is 10.1. The van der Waals surface area contributed by atoms with Crippen molar-refractivity contribution < 1.29 is 27.5 Å². The van der Waals surface area contributed by atoms with Crippen LogP contribution in [0, 0.1) is 0 Å². The SMILES string of the molecule is CN(C)c1cc(C(F)(F)F)ccc1C(=O)Nc1ccc(N(C(=O)OCCn2cccn2)C(C)(C)C)cc1. The van der Waals surface area contributed by atoms with E-state index in [0.29, 0.717) is 17.9 Å². The van der Waals surface area contributed by atoms with Crippen molar-refractivity contribution in [2.75, 3.05) is 35.8 Å². The van der Waals surface area contributed by atoms with Gasteiger partial charge in [0.05, 0.1) is 17.7 Å². The standard InChI is InChI=1S/C26H30F3N5O3/c1-25(2,3)34(24(36)37-16-15-33-14-6-13-30-33)20-10-8-19(9-11-20)31-23(35)21-12-7-18(26(27,28)29)17-22(21)32(4)5/h6-14,17H,15-16H2,1-5H3,(H,31,35). The van der Waals surface area contributed by atoms with Crippen molar-refractivity contribution in [1.82, 2.24) is 9.78 Å². The minimum absolute atomic E-state index is 0.0964. The van der Waals surface area contributed by atoms with Gasteiger partial charge >= 0.3 is 12.3 Å². The molecule has 0 spiro atoms. The van der Waals surface area contributed by atoms with Crippen molar-refractivity contribution >= 4 is 29.1 Å². The van der Waals surface area contributed by atoms with Crippen LogP contribution in [-0.2, 0) is 17.5 Å². The first-order valence-corrected chi connectivity index (χ1v) is 11.5. The Kier molecular flexibility index (Phi) is 8.15. The Bertz CT molecular complexity index is 1220. The second kappa shape index (κ2) is 10.9. The van der Waals surface area contributed by atoms with Gasteiger partial charge in [-0.25, -0.2) is 4.79 Å². The van der Waals surface area contributed by atoms with Crippen LogP contribution in [0.3, 0.4) is 0 Å². The Morgan fingerprint density at radius 2 is 1.73 bits per heavy atom. The minimum Gasteiger partial charge on any atom is -0.447 e. The van der Waals surface area contributed by atoms with Crippen LogP contribution in [0.2, 0.25) is 0 Å². The number of amides is 2. The molecule has 1 N–H and O–H groups in total. The van der Waals surface area contributed by atoms with Gasteiger partial charge in [-0.15, -0.1) is 0 Å². The monoisotopic (exact) mass is 517 g/mol. The molecular weight excluding hydrogens is 487 g/mol. The van der Waals surface area contributed by atoms with Crippen LogP contribution < -0.4 is 15.1 Å². The van der Waals surface area contributed by atoms with E-state index >= 15 is 0 Å². The number of nitrogens with zero attached hydrogens (tertiary/aromatic N) is 4. The molecule has 0 saturated heterocycles. The summed E-state index contributed by atoms with van der Waals surface area (Å²) in [7, 11) is 3.13. The second-order valence-electron chi connectivity index (χ2n) is 9.51. The van der Waals surface area contributed by atoms with E-state index in [1.54, 1.807) is 61.5 Å². The highest BCUT2D eigenvalue weighted by Crippen LogP contribution is 2.33. The molecule has 0 radical (unpaired) electrons. The van der Waals surface area contributed by atoms with Crippen molar-refractivity contribution in [3.63, 3.8) is 0 Å². The molecule has 0 unspecified atom stereocenters. The topological polar surface area (TPSA) is 79.7 Å². The average Bonchev–Trinajstić information content (AvgIpc) is 3.32. The molecule has 3 aromatic rings. The zero-order chi connectivity index (χ0) is 27.4. The first-order chi connectivity index (χ1) is 17.3. The number of hydrogen-bond acceptors (Lipinski definition) is 5. The van der Waals surface area contributed by atoms with Gasteiger partial charge in [0.2, 0.25) is 0 Å². The lowest BCUT2D eigenvalue weighted by Gasteiger charge is -2.34. The number of nitrogens with one attached hydrogen (secondary N) is 1. The quantitative estimate of drug-likeness (QED) is 0.437. The van der Waals surface area contributed by atoms with Gasteiger partial charge in [-0.3, -0.25) is 14.4 Å². The fourth-order valence-electron chi connectivity index (χ4n) is 3.65. The van der Waals surface area contributed by atoms with Gasteiger partial charge in [-0.1, -0.05) is 0 Å². The molecule has 0 saturated carbocycles. The summed E-state index contributed by atoms with van der Waals surface area (Å²) in [5, 5.41) is 6.78. The number of hydrogen-bond donors (Lipinski definition) is 1. The van der Waals surface area contributed by atoms with E-state index in [1.807, 2.05) is 20.8 Å². The molecule has 198 valence electrons. The zero-order valence-electron chi connectivity index (χ0n) is 21.3. The van der Waals surface area contributed by atoms with E-state index in [1.165, 1.54) is 9.80 Å². The zero-order valence-corrected chi connectivity index (χ0v) is 21.3. The molecule has 1 heterocycles. The van der Waals surface area contributed by atoms with Crippen molar-refractivity contribution in [2.45, 2.75) is 39.0 Å². The molecule has 1 aromatic heterocycles. The van der Waals surface area contributed by atoms with Gasteiger partial charge in [0, 0.05) is 49.1 Å². The van der Waals surface area contributed by atoms with Crippen LogP contribution >= 0.6 is 0 Å². The van der Waals surface area contributed by atoms with Crippen LogP contribution in [0.25, 0.3) is 0 Å². The predicted octanol–water partition coefficient (Wildman–Crippen LogP) is 5.66. The molecule has 0 aliphatic rings. The summed E-state index contributed by atoms with van der Waals surface area (Å²) in [4.78, 5) is 28.7. The fourth-order valence-corrected chi connectivity index (χ4v) is 3.65. The highest BCUT2D eigenvalue weighted by atomic mass is 19.4. The maximum Gasteiger partial charge on any atom is 0.416 e. The first kappa shape index (κ1) is 27.6. The van der Waals surface area contributed by atoms with E-state index in [0.717, 1.165) is 18.2 Å². The molecule has 0 bridgehead atoms.